The minimum Gasteiger partial charge on any atom is -0.286 e. The van der Waals surface area contributed by atoms with E-state index in [0.717, 1.165) is 30.1 Å². The van der Waals surface area contributed by atoms with Crippen LogP contribution in [0.2, 0.25) is 0 Å². The van der Waals surface area contributed by atoms with E-state index in [2.05, 4.69) is 4.31 Å². The summed E-state index contributed by atoms with van der Waals surface area (Å²) in [5, 5.41) is 0. The lowest BCUT2D eigenvalue weighted by Gasteiger charge is -2.56. The summed E-state index contributed by atoms with van der Waals surface area (Å²) < 4.78 is 2.14. The Morgan fingerprint density at radius 2 is 1.61 bits per heavy atom. The monoisotopic (exact) mass is 265 g/mol. The molecule has 18 heavy (non-hydrogen) atoms. The van der Waals surface area contributed by atoms with Gasteiger partial charge < -0.3 is 0 Å². The van der Waals surface area contributed by atoms with Gasteiger partial charge in [0.15, 0.2) is 0 Å². The number of carbonyl (C=O) groups is 1. The Bertz CT molecular complexity index is 326. The van der Waals surface area contributed by atoms with Gasteiger partial charge in [-0.1, -0.05) is 0 Å². The summed E-state index contributed by atoms with van der Waals surface area (Å²) in [5.74, 6) is 4.32. The third-order valence-corrected chi connectivity index (χ3v) is 6.85. The Balaban J connectivity index is 1.57. The van der Waals surface area contributed by atoms with Crippen molar-refractivity contribution in [3.8, 4) is 0 Å². The number of hydrogen-bond donors (Lipinski definition) is 0. The smallest absolute Gasteiger partial charge is 0.238 e. The van der Waals surface area contributed by atoms with E-state index in [1.54, 1.807) is 11.9 Å². The van der Waals surface area contributed by atoms with E-state index in [0.29, 0.717) is 5.91 Å². The van der Waals surface area contributed by atoms with Crippen molar-refractivity contribution in [3.63, 3.8) is 0 Å². The molecule has 5 aliphatic rings. The van der Waals surface area contributed by atoms with Gasteiger partial charge in [-0.2, -0.15) is 0 Å². The molecule has 0 atom stereocenters. The summed E-state index contributed by atoms with van der Waals surface area (Å²) in [6.07, 6.45) is 10.4. The molecule has 0 spiro atoms. The summed E-state index contributed by atoms with van der Waals surface area (Å²) in [5.41, 5.74) is 0.0824. The van der Waals surface area contributed by atoms with Crippen LogP contribution in [0.1, 0.15) is 51.4 Å². The lowest BCUT2D eigenvalue weighted by Crippen LogP contribution is -2.53. The Hall–Kier alpha value is -0.180. The van der Waals surface area contributed by atoms with E-state index >= 15 is 0 Å². The number of hydrogen-bond acceptors (Lipinski definition) is 2. The molecule has 5 fully saturated rings. The summed E-state index contributed by atoms with van der Waals surface area (Å²) in [6, 6.07) is 0. The van der Waals surface area contributed by atoms with E-state index < -0.39 is 0 Å². The molecule has 0 aromatic carbocycles. The van der Waals surface area contributed by atoms with E-state index in [-0.39, 0.29) is 5.41 Å². The fourth-order valence-electron chi connectivity index (χ4n) is 5.39. The predicted molar refractivity (Wildman–Crippen MR) is 74.0 cm³/mol. The van der Waals surface area contributed by atoms with Crippen LogP contribution in [-0.4, -0.2) is 22.5 Å². The third kappa shape index (κ3) is 1.73. The SMILES string of the molecule is O=C(N1CCCCS1)C12CC3CC(CC(C3)C1)C2. The molecule has 4 bridgehead atoms. The zero-order valence-electron chi connectivity index (χ0n) is 11.1. The molecular formula is C15H23NOS. The van der Waals surface area contributed by atoms with Crippen LogP contribution >= 0.6 is 11.9 Å². The standard InChI is InChI=1S/C15H23NOS/c17-14(16-3-1-2-4-18-16)15-8-11-5-12(9-15)7-13(6-11)10-15/h11-13H,1-10H2. The van der Waals surface area contributed by atoms with E-state index in [9.17, 15) is 4.79 Å². The average molecular weight is 265 g/mol. The van der Waals surface area contributed by atoms with E-state index in [4.69, 9.17) is 0 Å². The highest BCUT2D eigenvalue weighted by Crippen LogP contribution is 2.60. The van der Waals surface area contributed by atoms with E-state index in [1.807, 2.05) is 0 Å². The number of carbonyl (C=O) groups excluding carboxylic acids is 1. The molecule has 1 aliphatic heterocycles. The van der Waals surface area contributed by atoms with Crippen molar-refractivity contribution in [3.05, 3.63) is 0 Å². The van der Waals surface area contributed by atoms with Crippen LogP contribution in [-0.2, 0) is 4.79 Å². The van der Waals surface area contributed by atoms with Crippen LogP contribution in [0.25, 0.3) is 0 Å². The summed E-state index contributed by atoms with van der Waals surface area (Å²) in [7, 11) is 0. The van der Waals surface area contributed by atoms with Crippen LogP contribution in [0.3, 0.4) is 0 Å². The van der Waals surface area contributed by atoms with Gasteiger partial charge in [-0.3, -0.25) is 9.10 Å². The van der Waals surface area contributed by atoms with Gasteiger partial charge in [0.25, 0.3) is 0 Å². The normalized spacial score (nSPS) is 46.4. The summed E-state index contributed by atoms with van der Waals surface area (Å²) >= 11 is 1.80. The van der Waals surface area contributed by atoms with Gasteiger partial charge in [0.05, 0.1) is 5.41 Å². The average Bonchev–Trinajstić information content (AvgIpc) is 2.37. The molecule has 3 heteroatoms. The zero-order valence-corrected chi connectivity index (χ0v) is 11.9. The second kappa shape index (κ2) is 4.16. The second-order valence-electron chi connectivity index (χ2n) is 7.15. The molecule has 1 amide bonds. The van der Waals surface area contributed by atoms with Crippen LogP contribution < -0.4 is 0 Å². The van der Waals surface area contributed by atoms with Crippen LogP contribution in [0.4, 0.5) is 0 Å². The van der Waals surface area contributed by atoms with Crippen LogP contribution in [0.15, 0.2) is 0 Å². The topological polar surface area (TPSA) is 20.3 Å². The minimum atomic E-state index is 0.0824. The molecular weight excluding hydrogens is 242 g/mol. The molecule has 0 aromatic rings. The lowest BCUT2D eigenvalue weighted by molar-refractivity contribution is -0.152. The molecule has 0 unspecified atom stereocenters. The van der Waals surface area contributed by atoms with Crippen molar-refractivity contribution in [1.29, 1.82) is 0 Å². The quantitative estimate of drug-likeness (QED) is 0.677. The highest BCUT2D eigenvalue weighted by Gasteiger charge is 2.55. The molecule has 2 nitrogen and oxygen atoms in total. The van der Waals surface area contributed by atoms with Gasteiger partial charge in [0.2, 0.25) is 5.91 Å². The van der Waals surface area contributed by atoms with Gasteiger partial charge in [-0.25, -0.2) is 0 Å². The summed E-state index contributed by atoms with van der Waals surface area (Å²) in [4.78, 5) is 13.0. The first kappa shape index (κ1) is 11.6. The molecule has 4 saturated carbocycles. The lowest BCUT2D eigenvalue weighted by atomic mass is 9.49. The maximum absolute atomic E-state index is 13.0. The van der Waals surface area contributed by atoms with Crippen molar-refractivity contribution in [2.24, 2.45) is 23.2 Å². The van der Waals surface area contributed by atoms with Crippen molar-refractivity contribution in [2.45, 2.75) is 51.4 Å². The first-order valence-electron chi connectivity index (χ1n) is 7.70. The Morgan fingerprint density at radius 1 is 1.00 bits per heavy atom. The minimum absolute atomic E-state index is 0.0824. The maximum Gasteiger partial charge on any atom is 0.238 e. The Labute approximate surface area is 114 Å². The second-order valence-corrected chi connectivity index (χ2v) is 8.25. The third-order valence-electron chi connectivity index (χ3n) is 5.72. The fourth-order valence-corrected chi connectivity index (χ4v) is 6.52. The van der Waals surface area contributed by atoms with Crippen molar-refractivity contribution in [2.75, 3.05) is 12.3 Å². The first-order chi connectivity index (χ1) is 8.75. The number of rotatable bonds is 1. The van der Waals surface area contributed by atoms with Gasteiger partial charge in [0, 0.05) is 12.3 Å². The van der Waals surface area contributed by atoms with Crippen molar-refractivity contribution in [1.82, 2.24) is 4.31 Å². The molecule has 5 rings (SSSR count). The van der Waals surface area contributed by atoms with Crippen LogP contribution in [0.5, 0.6) is 0 Å². The molecule has 0 N–H and O–H groups in total. The number of amides is 1. The highest BCUT2D eigenvalue weighted by atomic mass is 32.2. The van der Waals surface area contributed by atoms with Crippen molar-refractivity contribution < 1.29 is 4.79 Å². The highest BCUT2D eigenvalue weighted by molar-refractivity contribution is 7.97. The maximum atomic E-state index is 13.0. The largest absolute Gasteiger partial charge is 0.286 e. The molecule has 1 heterocycles. The van der Waals surface area contributed by atoms with Crippen molar-refractivity contribution >= 4 is 17.9 Å². The Morgan fingerprint density at radius 3 is 2.11 bits per heavy atom. The molecule has 100 valence electrons. The molecule has 0 aromatic heterocycles. The van der Waals surface area contributed by atoms with Crippen LogP contribution in [0, 0.1) is 23.2 Å². The van der Waals surface area contributed by atoms with Gasteiger partial charge in [0.1, 0.15) is 0 Å². The van der Waals surface area contributed by atoms with Gasteiger partial charge in [-0.15, -0.1) is 0 Å². The first-order valence-corrected chi connectivity index (χ1v) is 8.64. The fraction of sp³-hybridized carbons (Fsp3) is 0.933. The Kier molecular flexibility index (Phi) is 2.69. The van der Waals surface area contributed by atoms with E-state index in [1.165, 1.54) is 51.4 Å². The van der Waals surface area contributed by atoms with Gasteiger partial charge in [-0.05, 0) is 81.1 Å². The molecule has 0 radical (unpaired) electrons. The zero-order chi connectivity index (χ0) is 12.2. The molecule has 1 saturated heterocycles. The molecule has 4 aliphatic carbocycles. The van der Waals surface area contributed by atoms with Gasteiger partial charge >= 0.3 is 0 Å². The number of nitrogens with zero attached hydrogens (tertiary/aromatic N) is 1. The summed E-state index contributed by atoms with van der Waals surface area (Å²) in [6.45, 7) is 1.01. The predicted octanol–water partition coefficient (Wildman–Crippen LogP) is 3.47.